The van der Waals surface area contributed by atoms with E-state index >= 15 is 0 Å². The summed E-state index contributed by atoms with van der Waals surface area (Å²) in [5.41, 5.74) is -0.395. The maximum absolute atomic E-state index is 13.7. The number of carbonyl (C=O) groups excluding carboxylic acids is 2. The summed E-state index contributed by atoms with van der Waals surface area (Å²) in [6, 6.07) is 7.38. The SMILES string of the molecule is CCC(=O)Oc1ccccc1NC(=O)Nc1c(F)cc(Br)cc1F. The van der Waals surface area contributed by atoms with E-state index in [1.165, 1.54) is 12.1 Å². The normalized spacial score (nSPS) is 10.2. The number of halogens is 3. The number of amides is 2. The van der Waals surface area contributed by atoms with Crippen LogP contribution in [0.1, 0.15) is 13.3 Å². The second-order valence-electron chi connectivity index (χ2n) is 4.65. The van der Waals surface area contributed by atoms with Crippen molar-refractivity contribution < 1.29 is 23.1 Å². The topological polar surface area (TPSA) is 67.4 Å². The lowest BCUT2D eigenvalue weighted by atomic mass is 10.3. The van der Waals surface area contributed by atoms with Crippen LogP contribution in [0.15, 0.2) is 40.9 Å². The van der Waals surface area contributed by atoms with Crippen molar-refractivity contribution in [2.75, 3.05) is 10.6 Å². The van der Waals surface area contributed by atoms with Crippen LogP contribution in [-0.4, -0.2) is 12.0 Å². The molecule has 0 aliphatic rings. The van der Waals surface area contributed by atoms with Gasteiger partial charge in [0, 0.05) is 10.9 Å². The molecule has 0 saturated heterocycles. The van der Waals surface area contributed by atoms with Crippen LogP contribution >= 0.6 is 15.9 Å². The molecule has 0 saturated carbocycles. The summed E-state index contributed by atoms with van der Waals surface area (Å²) in [6.45, 7) is 1.63. The third-order valence-electron chi connectivity index (χ3n) is 2.89. The molecule has 2 N–H and O–H groups in total. The highest BCUT2D eigenvalue weighted by Crippen LogP contribution is 2.26. The first kappa shape index (κ1) is 17.9. The molecule has 5 nitrogen and oxygen atoms in total. The molecule has 2 rings (SSSR count). The Kier molecular flexibility index (Phi) is 5.86. The van der Waals surface area contributed by atoms with E-state index in [-0.39, 0.29) is 22.3 Å². The lowest BCUT2D eigenvalue weighted by Gasteiger charge is -2.12. The van der Waals surface area contributed by atoms with Gasteiger partial charge in [0.05, 0.1) is 5.69 Å². The second-order valence-corrected chi connectivity index (χ2v) is 5.56. The molecule has 0 aromatic heterocycles. The number of urea groups is 1. The molecule has 2 aromatic carbocycles. The molecule has 0 spiro atoms. The molecule has 2 aromatic rings. The van der Waals surface area contributed by atoms with Gasteiger partial charge in [-0.15, -0.1) is 0 Å². The third kappa shape index (κ3) is 4.51. The van der Waals surface area contributed by atoms with Crippen molar-refractivity contribution in [2.24, 2.45) is 0 Å². The monoisotopic (exact) mass is 398 g/mol. The van der Waals surface area contributed by atoms with Crippen molar-refractivity contribution >= 4 is 39.3 Å². The maximum atomic E-state index is 13.7. The first-order chi connectivity index (χ1) is 11.4. The first-order valence-corrected chi connectivity index (χ1v) is 7.72. The fourth-order valence-corrected chi connectivity index (χ4v) is 2.18. The Balaban J connectivity index is 2.15. The molecule has 0 radical (unpaired) electrons. The number of carbonyl (C=O) groups is 2. The lowest BCUT2D eigenvalue weighted by molar-refractivity contribution is -0.133. The van der Waals surface area contributed by atoms with Gasteiger partial charge >= 0.3 is 12.0 Å². The van der Waals surface area contributed by atoms with Gasteiger partial charge in [0.1, 0.15) is 5.69 Å². The minimum atomic E-state index is -0.928. The molecule has 24 heavy (non-hydrogen) atoms. The van der Waals surface area contributed by atoms with Gasteiger partial charge in [-0.25, -0.2) is 13.6 Å². The van der Waals surface area contributed by atoms with Gasteiger partial charge in [-0.3, -0.25) is 4.79 Å². The molecular formula is C16H13BrF2N2O3. The van der Waals surface area contributed by atoms with Crippen LogP contribution in [0.25, 0.3) is 0 Å². The van der Waals surface area contributed by atoms with Gasteiger partial charge < -0.3 is 15.4 Å². The quantitative estimate of drug-likeness (QED) is 0.579. The summed E-state index contributed by atoms with van der Waals surface area (Å²) in [5, 5.41) is 4.47. The van der Waals surface area contributed by atoms with Gasteiger partial charge in [-0.1, -0.05) is 35.0 Å². The molecule has 126 valence electrons. The van der Waals surface area contributed by atoms with Crippen molar-refractivity contribution in [3.8, 4) is 5.75 Å². The second kappa shape index (κ2) is 7.87. The Morgan fingerprint density at radius 2 is 1.75 bits per heavy atom. The van der Waals surface area contributed by atoms with Crippen molar-refractivity contribution in [1.29, 1.82) is 0 Å². The molecule has 0 atom stereocenters. The fraction of sp³-hybridized carbons (Fsp3) is 0.125. The zero-order chi connectivity index (χ0) is 17.7. The number of anilines is 2. The number of ether oxygens (including phenoxy) is 1. The Labute approximate surface area is 145 Å². The summed E-state index contributed by atoms with van der Waals surface area (Å²) < 4.78 is 32.7. The van der Waals surface area contributed by atoms with Crippen LogP contribution in [0.3, 0.4) is 0 Å². The standard InChI is InChI=1S/C16H13BrF2N2O3/c1-2-14(22)24-13-6-4-3-5-12(13)20-16(23)21-15-10(18)7-9(17)8-11(15)19/h3-8H,2H2,1H3,(H2,20,21,23). The smallest absolute Gasteiger partial charge is 0.323 e. The average Bonchev–Trinajstić information content (AvgIpc) is 2.52. The number of esters is 1. The van der Waals surface area contributed by atoms with E-state index < -0.39 is 29.3 Å². The molecule has 0 aliphatic heterocycles. The van der Waals surface area contributed by atoms with E-state index in [1.807, 2.05) is 0 Å². The maximum Gasteiger partial charge on any atom is 0.323 e. The Bertz CT molecular complexity index is 761. The van der Waals surface area contributed by atoms with E-state index in [1.54, 1.807) is 19.1 Å². The Morgan fingerprint density at radius 1 is 1.12 bits per heavy atom. The summed E-state index contributed by atoms with van der Waals surface area (Å²) in [4.78, 5) is 23.3. The molecule has 0 aliphatic carbocycles. The zero-order valence-electron chi connectivity index (χ0n) is 12.5. The van der Waals surface area contributed by atoms with Crippen LogP contribution in [0, 0.1) is 11.6 Å². The van der Waals surface area contributed by atoms with Crippen LogP contribution in [-0.2, 0) is 4.79 Å². The largest absolute Gasteiger partial charge is 0.424 e. The number of hydrogen-bond acceptors (Lipinski definition) is 3. The summed E-state index contributed by atoms with van der Waals surface area (Å²) >= 11 is 2.95. The average molecular weight is 399 g/mol. The van der Waals surface area contributed by atoms with Crippen molar-refractivity contribution in [3.63, 3.8) is 0 Å². The molecule has 0 unspecified atom stereocenters. The third-order valence-corrected chi connectivity index (χ3v) is 3.35. The highest BCUT2D eigenvalue weighted by atomic mass is 79.9. The molecule has 0 fully saturated rings. The molecule has 0 heterocycles. The summed E-state index contributed by atoms with van der Waals surface area (Å²) in [6.07, 6.45) is 0.163. The van der Waals surface area contributed by atoms with Crippen LogP contribution in [0.4, 0.5) is 25.0 Å². The fourth-order valence-electron chi connectivity index (χ4n) is 1.78. The summed E-state index contributed by atoms with van der Waals surface area (Å²) in [5.74, 6) is -2.20. The molecule has 2 amide bonds. The van der Waals surface area contributed by atoms with Gasteiger partial charge in [-0.2, -0.15) is 0 Å². The minimum absolute atomic E-state index is 0.135. The lowest BCUT2D eigenvalue weighted by Crippen LogP contribution is -2.21. The van der Waals surface area contributed by atoms with E-state index in [0.717, 1.165) is 12.1 Å². The van der Waals surface area contributed by atoms with Gasteiger partial charge in [0.2, 0.25) is 0 Å². The van der Waals surface area contributed by atoms with E-state index in [2.05, 4.69) is 26.6 Å². The summed E-state index contributed by atoms with van der Waals surface area (Å²) in [7, 11) is 0. The van der Waals surface area contributed by atoms with E-state index in [4.69, 9.17) is 4.74 Å². The van der Waals surface area contributed by atoms with E-state index in [0.29, 0.717) is 0 Å². The number of benzene rings is 2. The Hall–Kier alpha value is -2.48. The first-order valence-electron chi connectivity index (χ1n) is 6.93. The van der Waals surface area contributed by atoms with Gasteiger partial charge in [-0.05, 0) is 24.3 Å². The number of rotatable bonds is 4. The molecule has 0 bridgehead atoms. The van der Waals surface area contributed by atoms with Crippen molar-refractivity contribution in [2.45, 2.75) is 13.3 Å². The highest BCUT2D eigenvalue weighted by molar-refractivity contribution is 9.10. The van der Waals surface area contributed by atoms with Gasteiger partial charge in [0.15, 0.2) is 17.4 Å². The van der Waals surface area contributed by atoms with Crippen LogP contribution < -0.4 is 15.4 Å². The zero-order valence-corrected chi connectivity index (χ0v) is 14.1. The highest BCUT2D eigenvalue weighted by Gasteiger charge is 2.15. The number of hydrogen-bond donors (Lipinski definition) is 2. The van der Waals surface area contributed by atoms with E-state index in [9.17, 15) is 18.4 Å². The predicted molar refractivity (Wildman–Crippen MR) is 89.1 cm³/mol. The van der Waals surface area contributed by atoms with Gasteiger partial charge in [0.25, 0.3) is 0 Å². The number of nitrogens with one attached hydrogen (secondary N) is 2. The van der Waals surface area contributed by atoms with Crippen LogP contribution in [0.2, 0.25) is 0 Å². The van der Waals surface area contributed by atoms with Crippen molar-refractivity contribution in [1.82, 2.24) is 0 Å². The number of para-hydroxylation sites is 2. The Morgan fingerprint density at radius 3 is 2.38 bits per heavy atom. The van der Waals surface area contributed by atoms with Crippen molar-refractivity contribution in [3.05, 3.63) is 52.5 Å². The van der Waals surface area contributed by atoms with Crippen LogP contribution in [0.5, 0.6) is 5.75 Å². The molecule has 8 heteroatoms. The minimum Gasteiger partial charge on any atom is -0.424 e. The molecular weight excluding hydrogens is 386 g/mol. The predicted octanol–water partition coefficient (Wildman–Crippen LogP) is 4.69.